The van der Waals surface area contributed by atoms with E-state index in [-0.39, 0.29) is 0 Å². The third-order valence-electron chi connectivity index (χ3n) is 4.15. The molecule has 22 heavy (non-hydrogen) atoms. The summed E-state index contributed by atoms with van der Waals surface area (Å²) in [6.07, 6.45) is 7.93. The second-order valence-corrected chi connectivity index (χ2v) is 9.49. The molecule has 0 heterocycles. The number of hydrogen-bond donors (Lipinski definition) is 0. The first-order valence-electron chi connectivity index (χ1n) is 7.48. The van der Waals surface area contributed by atoms with Crippen LogP contribution in [-0.4, -0.2) is 14.2 Å². The van der Waals surface area contributed by atoms with Crippen LogP contribution in [0.1, 0.15) is 24.8 Å². The number of allylic oxidation sites excluding steroid dienone is 4. The van der Waals surface area contributed by atoms with Crippen molar-refractivity contribution in [1.82, 2.24) is 0 Å². The van der Waals surface area contributed by atoms with Gasteiger partial charge in [-0.25, -0.2) is 8.42 Å². The minimum absolute atomic E-state index is 0.298. The van der Waals surface area contributed by atoms with E-state index in [4.69, 9.17) is 11.6 Å². The Morgan fingerprint density at radius 2 is 1.86 bits per heavy atom. The molecule has 3 rings (SSSR count). The van der Waals surface area contributed by atoms with Gasteiger partial charge in [-0.3, -0.25) is 0 Å². The maximum atomic E-state index is 12.2. The predicted molar refractivity (Wildman–Crippen MR) is 94.0 cm³/mol. The van der Waals surface area contributed by atoms with Crippen molar-refractivity contribution in [3.05, 3.63) is 51.5 Å². The molecule has 1 aromatic carbocycles. The summed E-state index contributed by atoms with van der Waals surface area (Å²) in [5.41, 5.74) is 1.14. The Hall–Kier alpha value is -0.580. The molecule has 0 aliphatic heterocycles. The third-order valence-corrected chi connectivity index (χ3v) is 7.38. The molecule has 5 heteroatoms. The fraction of sp³-hybridized carbons (Fsp3) is 0.412. The van der Waals surface area contributed by atoms with Gasteiger partial charge in [0.2, 0.25) is 0 Å². The second-order valence-electron chi connectivity index (χ2n) is 6.15. The van der Waals surface area contributed by atoms with Gasteiger partial charge in [0.25, 0.3) is 0 Å². The van der Waals surface area contributed by atoms with E-state index in [1.165, 1.54) is 0 Å². The summed E-state index contributed by atoms with van der Waals surface area (Å²) < 4.78 is 25.4. The van der Waals surface area contributed by atoms with Gasteiger partial charge in [0, 0.05) is 9.51 Å². The molecular formula is C17H18BrClO2S. The summed E-state index contributed by atoms with van der Waals surface area (Å²) in [6.45, 7) is 0. The highest BCUT2D eigenvalue weighted by Crippen LogP contribution is 2.33. The van der Waals surface area contributed by atoms with Crippen LogP contribution in [0, 0.1) is 11.8 Å². The molecule has 0 radical (unpaired) electrons. The van der Waals surface area contributed by atoms with Gasteiger partial charge in [-0.05, 0) is 71.1 Å². The number of benzene rings is 1. The van der Waals surface area contributed by atoms with Crippen molar-refractivity contribution in [1.29, 1.82) is 0 Å². The maximum absolute atomic E-state index is 12.2. The van der Waals surface area contributed by atoms with E-state index >= 15 is 0 Å². The van der Waals surface area contributed by atoms with E-state index in [9.17, 15) is 8.42 Å². The number of hydrogen-bond acceptors (Lipinski definition) is 2. The molecule has 1 atom stereocenters. The molecule has 2 aliphatic carbocycles. The van der Waals surface area contributed by atoms with Gasteiger partial charge in [-0.2, -0.15) is 0 Å². The first-order chi connectivity index (χ1) is 10.4. The lowest BCUT2D eigenvalue weighted by Gasteiger charge is -2.17. The number of sulfone groups is 1. The van der Waals surface area contributed by atoms with Gasteiger partial charge in [0.05, 0.1) is 10.6 Å². The van der Waals surface area contributed by atoms with Crippen molar-refractivity contribution in [2.45, 2.75) is 30.6 Å². The highest BCUT2D eigenvalue weighted by atomic mass is 79.9. The van der Waals surface area contributed by atoms with Gasteiger partial charge >= 0.3 is 0 Å². The lowest BCUT2D eigenvalue weighted by molar-refractivity contribution is 0.592. The van der Waals surface area contributed by atoms with Crippen LogP contribution in [0.2, 0.25) is 0 Å². The topological polar surface area (TPSA) is 34.1 Å². The second kappa shape index (κ2) is 6.50. The Balaban J connectivity index is 1.66. The monoisotopic (exact) mass is 400 g/mol. The number of rotatable bonds is 5. The van der Waals surface area contributed by atoms with Gasteiger partial charge in [0.1, 0.15) is 0 Å². The van der Waals surface area contributed by atoms with Crippen LogP contribution >= 0.6 is 27.5 Å². The quantitative estimate of drug-likeness (QED) is 0.708. The normalized spacial score (nSPS) is 22.2. The zero-order chi connectivity index (χ0) is 15.7. The first-order valence-corrected chi connectivity index (χ1v) is 10.3. The Bertz CT molecular complexity index is 716. The zero-order valence-corrected chi connectivity index (χ0v) is 15.3. The SMILES string of the molecule is O=S(=O)(CC1CC1)c1ccc(CC2C=CC(Br)=C(Cl)C2)cc1. The van der Waals surface area contributed by atoms with Crippen molar-refractivity contribution in [3.8, 4) is 0 Å². The zero-order valence-electron chi connectivity index (χ0n) is 12.1. The van der Waals surface area contributed by atoms with Crippen LogP contribution in [0.5, 0.6) is 0 Å². The Labute approximate surface area is 145 Å². The smallest absolute Gasteiger partial charge is 0.178 e. The van der Waals surface area contributed by atoms with Gasteiger partial charge in [0.15, 0.2) is 9.84 Å². The molecule has 0 amide bonds. The Morgan fingerprint density at radius 1 is 1.18 bits per heavy atom. The van der Waals surface area contributed by atoms with E-state index in [0.29, 0.717) is 22.5 Å². The minimum Gasteiger partial charge on any atom is -0.224 e. The van der Waals surface area contributed by atoms with E-state index in [1.54, 1.807) is 12.1 Å². The average molecular weight is 402 g/mol. The third kappa shape index (κ3) is 4.03. The van der Waals surface area contributed by atoms with E-state index in [0.717, 1.165) is 40.8 Å². The molecule has 118 valence electrons. The molecule has 0 N–H and O–H groups in total. The van der Waals surface area contributed by atoms with Crippen molar-refractivity contribution >= 4 is 37.4 Å². The molecule has 2 aliphatic rings. The predicted octanol–water partition coefficient (Wildman–Crippen LogP) is 4.83. The Kier molecular flexibility index (Phi) is 4.81. The van der Waals surface area contributed by atoms with Crippen LogP contribution in [-0.2, 0) is 16.3 Å². The van der Waals surface area contributed by atoms with Gasteiger partial charge in [-0.15, -0.1) is 0 Å². The Morgan fingerprint density at radius 3 is 2.45 bits per heavy atom. The molecule has 0 aromatic heterocycles. The lowest BCUT2D eigenvalue weighted by Crippen LogP contribution is -2.09. The van der Waals surface area contributed by atoms with E-state index in [2.05, 4.69) is 22.0 Å². The fourth-order valence-corrected chi connectivity index (χ4v) is 4.95. The molecule has 0 spiro atoms. The van der Waals surface area contributed by atoms with Crippen molar-refractivity contribution in [3.63, 3.8) is 0 Å². The van der Waals surface area contributed by atoms with Gasteiger partial charge < -0.3 is 0 Å². The summed E-state index contributed by atoms with van der Waals surface area (Å²) in [5.74, 6) is 1.04. The largest absolute Gasteiger partial charge is 0.224 e. The molecule has 1 aromatic rings. The highest BCUT2D eigenvalue weighted by molar-refractivity contribution is 9.12. The standard InChI is InChI=1S/C17H18BrClO2S/c18-16-8-5-14(10-17(16)19)9-12-3-6-15(7-4-12)22(20,21)11-13-1-2-13/h3-8,13-14H,1-2,9-11H2. The summed E-state index contributed by atoms with van der Waals surface area (Å²) in [4.78, 5) is 0.447. The maximum Gasteiger partial charge on any atom is 0.178 e. The van der Waals surface area contributed by atoms with Crippen molar-refractivity contribution < 1.29 is 8.42 Å². The van der Waals surface area contributed by atoms with Crippen LogP contribution in [0.25, 0.3) is 0 Å². The van der Waals surface area contributed by atoms with Gasteiger partial charge in [-0.1, -0.05) is 35.9 Å². The van der Waals surface area contributed by atoms with E-state index in [1.807, 2.05) is 18.2 Å². The summed E-state index contributed by atoms with van der Waals surface area (Å²) >= 11 is 9.59. The molecule has 2 nitrogen and oxygen atoms in total. The van der Waals surface area contributed by atoms with Crippen molar-refractivity contribution in [2.75, 3.05) is 5.75 Å². The molecule has 0 saturated heterocycles. The fourth-order valence-electron chi connectivity index (χ4n) is 2.67. The molecular weight excluding hydrogens is 384 g/mol. The van der Waals surface area contributed by atoms with Crippen LogP contribution < -0.4 is 0 Å². The molecule has 1 saturated carbocycles. The molecule has 1 fully saturated rings. The first kappa shape index (κ1) is 16.3. The van der Waals surface area contributed by atoms with Crippen LogP contribution in [0.3, 0.4) is 0 Å². The molecule has 0 bridgehead atoms. The summed E-state index contributed by atoms with van der Waals surface area (Å²) in [6, 6.07) is 7.34. The van der Waals surface area contributed by atoms with Crippen LogP contribution in [0.15, 0.2) is 50.8 Å². The summed E-state index contributed by atoms with van der Waals surface area (Å²) in [7, 11) is -3.11. The lowest BCUT2D eigenvalue weighted by atomic mass is 9.93. The summed E-state index contributed by atoms with van der Waals surface area (Å²) in [5, 5.41) is 0.844. The van der Waals surface area contributed by atoms with E-state index < -0.39 is 9.84 Å². The average Bonchev–Trinajstić information content (AvgIpc) is 3.27. The van der Waals surface area contributed by atoms with Crippen molar-refractivity contribution in [2.24, 2.45) is 11.8 Å². The van der Waals surface area contributed by atoms with Crippen LogP contribution in [0.4, 0.5) is 0 Å². The molecule has 1 unspecified atom stereocenters. The minimum atomic E-state index is -3.11. The highest BCUT2D eigenvalue weighted by Gasteiger charge is 2.29. The number of halogens is 2.